The van der Waals surface area contributed by atoms with Crippen molar-refractivity contribution in [1.29, 1.82) is 0 Å². The van der Waals surface area contributed by atoms with E-state index in [1.54, 1.807) is 0 Å². The highest BCUT2D eigenvalue weighted by Gasteiger charge is 2.21. The van der Waals surface area contributed by atoms with Crippen molar-refractivity contribution in [1.82, 2.24) is 0 Å². The molecule has 0 radical (unpaired) electrons. The fourth-order valence-corrected chi connectivity index (χ4v) is 11.2. The standard InChI is InChI=1S/C66H40N2O2/c1-3-13-49(14-4-1)67(53-27-29-57-45(33-53)21-19-41-11-7-9-17-55(41)57)51-25-23-43-37-60-59-31-32-62-65(66(59)70-63(60)39-47(43)35-51)61-38-44-24-26-52(36-48(44)40-64(61)69-62)68(50-15-5-2-6-16-50)54-28-30-58-46(34-54)22-20-42-12-8-10-18-56(42)58/h1-40H. The van der Waals surface area contributed by atoms with Crippen molar-refractivity contribution >= 4 is 143 Å². The molecular formula is C66H40N2O2. The van der Waals surface area contributed by atoms with Gasteiger partial charge in [-0.1, -0.05) is 133 Å². The Kier molecular flexibility index (Phi) is 8.33. The van der Waals surface area contributed by atoms with Crippen LogP contribution in [0, 0.1) is 0 Å². The number of para-hydroxylation sites is 2. The van der Waals surface area contributed by atoms with E-state index in [1.807, 2.05) is 0 Å². The molecule has 0 N–H and O–H groups in total. The van der Waals surface area contributed by atoms with Crippen molar-refractivity contribution in [2.45, 2.75) is 0 Å². The van der Waals surface area contributed by atoms with E-state index in [4.69, 9.17) is 8.83 Å². The Labute approximate surface area is 402 Å². The summed E-state index contributed by atoms with van der Waals surface area (Å²) in [5.74, 6) is 0. The van der Waals surface area contributed by atoms with E-state index in [-0.39, 0.29) is 0 Å². The highest BCUT2D eigenvalue weighted by Crippen LogP contribution is 2.45. The molecule has 15 rings (SSSR count). The third-order valence-electron chi connectivity index (χ3n) is 14.5. The van der Waals surface area contributed by atoms with Gasteiger partial charge in [-0.05, 0) is 174 Å². The summed E-state index contributed by atoms with van der Waals surface area (Å²) in [4.78, 5) is 4.68. The molecule has 0 saturated carbocycles. The van der Waals surface area contributed by atoms with E-state index < -0.39 is 0 Å². The second-order valence-electron chi connectivity index (χ2n) is 18.5. The zero-order chi connectivity index (χ0) is 45.9. The first-order chi connectivity index (χ1) is 34.6. The van der Waals surface area contributed by atoms with Crippen LogP contribution in [0.1, 0.15) is 0 Å². The van der Waals surface area contributed by atoms with Crippen LogP contribution in [-0.2, 0) is 0 Å². The molecule has 0 unspecified atom stereocenters. The lowest BCUT2D eigenvalue weighted by atomic mass is 10.0. The summed E-state index contributed by atoms with van der Waals surface area (Å²) in [6, 6.07) is 87.6. The van der Waals surface area contributed by atoms with Gasteiger partial charge < -0.3 is 18.6 Å². The fraction of sp³-hybridized carbons (Fsp3) is 0. The number of furan rings is 2. The Morgan fingerprint density at radius 2 is 0.629 bits per heavy atom. The first-order valence-corrected chi connectivity index (χ1v) is 23.9. The van der Waals surface area contributed by atoms with Gasteiger partial charge in [0.25, 0.3) is 0 Å². The van der Waals surface area contributed by atoms with Crippen LogP contribution in [0.3, 0.4) is 0 Å². The minimum Gasteiger partial charge on any atom is -0.456 e. The van der Waals surface area contributed by atoms with E-state index in [1.165, 1.54) is 43.1 Å². The normalized spacial score (nSPS) is 12.0. The molecule has 4 heteroatoms. The van der Waals surface area contributed by atoms with Crippen molar-refractivity contribution in [3.8, 4) is 0 Å². The number of rotatable bonds is 6. The van der Waals surface area contributed by atoms with Crippen LogP contribution in [-0.4, -0.2) is 0 Å². The predicted octanol–water partition coefficient (Wildman–Crippen LogP) is 19.3. The monoisotopic (exact) mass is 892 g/mol. The van der Waals surface area contributed by atoms with Gasteiger partial charge >= 0.3 is 0 Å². The predicted molar refractivity (Wildman–Crippen MR) is 295 cm³/mol. The summed E-state index contributed by atoms with van der Waals surface area (Å²) in [6.07, 6.45) is 0. The van der Waals surface area contributed by atoms with Gasteiger partial charge in [0.1, 0.15) is 22.3 Å². The summed E-state index contributed by atoms with van der Waals surface area (Å²) >= 11 is 0. The maximum Gasteiger partial charge on any atom is 0.147 e. The highest BCUT2D eigenvalue weighted by atomic mass is 16.3. The lowest BCUT2D eigenvalue weighted by molar-refractivity contribution is 0.663. The van der Waals surface area contributed by atoms with E-state index >= 15 is 0 Å². The van der Waals surface area contributed by atoms with E-state index in [0.29, 0.717) is 0 Å². The molecule has 0 fully saturated rings. The third kappa shape index (κ3) is 6.03. The first kappa shape index (κ1) is 38.7. The summed E-state index contributed by atoms with van der Waals surface area (Å²) in [5, 5.41) is 18.6. The van der Waals surface area contributed by atoms with Crippen molar-refractivity contribution in [3.05, 3.63) is 243 Å². The molecule has 2 heterocycles. The van der Waals surface area contributed by atoms with E-state index in [0.717, 1.165) is 99.5 Å². The molecule has 0 aliphatic carbocycles. The molecule has 326 valence electrons. The molecule has 2 aromatic heterocycles. The molecule has 70 heavy (non-hydrogen) atoms. The molecule has 0 amide bonds. The molecule has 0 aliphatic rings. The summed E-state index contributed by atoms with van der Waals surface area (Å²) in [5.41, 5.74) is 9.85. The van der Waals surface area contributed by atoms with Crippen molar-refractivity contribution < 1.29 is 8.83 Å². The largest absolute Gasteiger partial charge is 0.456 e. The number of benzene rings is 13. The summed E-state index contributed by atoms with van der Waals surface area (Å²) < 4.78 is 13.6. The quantitative estimate of drug-likeness (QED) is 0.156. The molecule has 0 aliphatic heterocycles. The van der Waals surface area contributed by atoms with Crippen LogP contribution in [0.2, 0.25) is 0 Å². The van der Waals surface area contributed by atoms with Gasteiger partial charge in [0, 0.05) is 50.3 Å². The van der Waals surface area contributed by atoms with Crippen LogP contribution in [0.25, 0.3) is 109 Å². The van der Waals surface area contributed by atoms with Crippen molar-refractivity contribution in [2.75, 3.05) is 9.80 Å². The number of anilines is 6. The number of hydrogen-bond acceptors (Lipinski definition) is 4. The van der Waals surface area contributed by atoms with Crippen LogP contribution >= 0.6 is 0 Å². The smallest absolute Gasteiger partial charge is 0.147 e. The highest BCUT2D eigenvalue weighted by molar-refractivity contribution is 6.24. The van der Waals surface area contributed by atoms with Gasteiger partial charge in [0.05, 0.1) is 5.39 Å². The Balaban J connectivity index is 0.833. The van der Waals surface area contributed by atoms with Crippen LogP contribution in [0.15, 0.2) is 251 Å². The number of fused-ring (bicyclic) bond motifs is 15. The lowest BCUT2D eigenvalue weighted by Gasteiger charge is -2.26. The van der Waals surface area contributed by atoms with Gasteiger partial charge in [-0.25, -0.2) is 0 Å². The molecule has 0 saturated heterocycles. The minimum atomic E-state index is 0.806. The van der Waals surface area contributed by atoms with Crippen LogP contribution < -0.4 is 9.80 Å². The summed E-state index contributed by atoms with van der Waals surface area (Å²) in [6.45, 7) is 0. The topological polar surface area (TPSA) is 32.8 Å². The molecule has 0 spiro atoms. The lowest BCUT2D eigenvalue weighted by Crippen LogP contribution is -2.09. The van der Waals surface area contributed by atoms with Gasteiger partial charge in [-0.2, -0.15) is 0 Å². The SMILES string of the molecule is c1ccc(N(c2ccc3cc4c(cc3c2)oc2c4ccc3oc4cc5cc(N(c6ccccc6)c6ccc7c(ccc8ccccc87)c6)ccc5cc4c32)c2ccc3c(ccc4ccccc43)c2)cc1. The minimum absolute atomic E-state index is 0.806. The van der Waals surface area contributed by atoms with Crippen LogP contribution in [0.4, 0.5) is 34.1 Å². The molecule has 0 bridgehead atoms. The molecule has 4 nitrogen and oxygen atoms in total. The van der Waals surface area contributed by atoms with Gasteiger partial charge in [0.2, 0.25) is 0 Å². The van der Waals surface area contributed by atoms with Crippen molar-refractivity contribution in [3.63, 3.8) is 0 Å². The average Bonchev–Trinajstić information content (AvgIpc) is 3.97. The summed E-state index contributed by atoms with van der Waals surface area (Å²) in [7, 11) is 0. The Hall–Kier alpha value is -9.38. The van der Waals surface area contributed by atoms with Gasteiger partial charge in [0.15, 0.2) is 0 Å². The second-order valence-corrected chi connectivity index (χ2v) is 18.5. The van der Waals surface area contributed by atoms with Gasteiger partial charge in [-0.15, -0.1) is 0 Å². The maximum absolute atomic E-state index is 6.93. The first-order valence-electron chi connectivity index (χ1n) is 23.9. The third-order valence-corrected chi connectivity index (χ3v) is 14.5. The average molecular weight is 893 g/mol. The van der Waals surface area contributed by atoms with E-state index in [2.05, 4.69) is 252 Å². The van der Waals surface area contributed by atoms with Crippen molar-refractivity contribution in [2.24, 2.45) is 0 Å². The van der Waals surface area contributed by atoms with Gasteiger partial charge in [-0.3, -0.25) is 0 Å². The second kappa shape index (κ2) is 15.1. The Morgan fingerprint density at radius 3 is 1.19 bits per heavy atom. The number of hydrogen-bond donors (Lipinski definition) is 0. The molecule has 15 aromatic rings. The van der Waals surface area contributed by atoms with E-state index in [9.17, 15) is 0 Å². The zero-order valence-corrected chi connectivity index (χ0v) is 37.8. The maximum atomic E-state index is 6.93. The number of nitrogens with zero attached hydrogens (tertiary/aromatic N) is 2. The Bertz CT molecular complexity index is 4610. The molecular weight excluding hydrogens is 853 g/mol. The zero-order valence-electron chi connectivity index (χ0n) is 37.8. The fourth-order valence-electron chi connectivity index (χ4n) is 11.2. The molecule has 0 atom stereocenters. The molecule has 13 aromatic carbocycles. The Morgan fingerprint density at radius 1 is 0.214 bits per heavy atom. The van der Waals surface area contributed by atoms with Crippen LogP contribution in [0.5, 0.6) is 0 Å².